The molecule has 29 heavy (non-hydrogen) atoms. The van der Waals surface area contributed by atoms with Crippen LogP contribution in [0.2, 0.25) is 0 Å². The minimum atomic E-state index is -0.848. The number of carbonyl (C=O) groups excluding carboxylic acids is 2. The number of benzene rings is 1. The Hall–Kier alpha value is -2.67. The molecule has 2 heterocycles. The number of thiazole rings is 1. The summed E-state index contributed by atoms with van der Waals surface area (Å²) in [5, 5.41) is 4.19. The second-order valence-electron chi connectivity index (χ2n) is 7.41. The predicted molar refractivity (Wildman–Crippen MR) is 111 cm³/mol. The second kappa shape index (κ2) is 7.99. The summed E-state index contributed by atoms with van der Waals surface area (Å²) in [5.74, 6) is -2.12. The van der Waals surface area contributed by atoms with Crippen molar-refractivity contribution in [2.24, 2.45) is 5.92 Å². The largest absolute Gasteiger partial charge is 0.469 e. The fourth-order valence-corrected chi connectivity index (χ4v) is 5.11. The molecule has 7 heteroatoms. The van der Waals surface area contributed by atoms with E-state index in [-0.39, 0.29) is 0 Å². The van der Waals surface area contributed by atoms with Gasteiger partial charge < -0.3 is 14.8 Å². The van der Waals surface area contributed by atoms with Gasteiger partial charge in [-0.1, -0.05) is 30.3 Å². The summed E-state index contributed by atoms with van der Waals surface area (Å²) in [5.41, 5.74) is 2.02. The van der Waals surface area contributed by atoms with Crippen molar-refractivity contribution in [2.45, 2.75) is 39.2 Å². The number of aryl methyl sites for hydroxylation is 2. The van der Waals surface area contributed by atoms with Crippen molar-refractivity contribution in [3.8, 4) is 0 Å². The Morgan fingerprint density at radius 3 is 2.28 bits per heavy atom. The molecule has 0 fully saturated rings. The molecule has 154 valence electrons. The summed E-state index contributed by atoms with van der Waals surface area (Å²) in [6.07, 6.45) is 0. The Morgan fingerprint density at radius 1 is 1.10 bits per heavy atom. The van der Waals surface area contributed by atoms with E-state index in [1.807, 2.05) is 58.0 Å². The molecule has 1 aliphatic rings. The minimum absolute atomic E-state index is 0.409. The third-order valence-corrected chi connectivity index (χ3v) is 6.92. The second-order valence-corrected chi connectivity index (χ2v) is 8.61. The van der Waals surface area contributed by atoms with E-state index in [9.17, 15) is 9.59 Å². The molecule has 0 aliphatic carbocycles. The molecule has 3 rings (SSSR count). The normalized spacial score (nSPS) is 24.1. The fourth-order valence-electron chi connectivity index (χ4n) is 4.06. The van der Waals surface area contributed by atoms with Crippen molar-refractivity contribution in [1.82, 2.24) is 10.3 Å². The number of methoxy groups -OCH3 is 2. The molecule has 1 N–H and O–H groups in total. The number of nitrogens with zero attached hydrogens (tertiary/aromatic N) is 1. The standard InChI is InChI=1S/C22H26N2O4S/c1-12-14(3)29-21(23-12)22(4)18(20(26)28-6)17(15-10-8-7-9-11-15)16(13(2)24-22)19(25)27-5/h7-11,17-18,24H,1-6H3. The summed E-state index contributed by atoms with van der Waals surface area (Å²) in [7, 11) is 2.71. The van der Waals surface area contributed by atoms with E-state index in [2.05, 4.69) is 5.32 Å². The van der Waals surface area contributed by atoms with Gasteiger partial charge in [0.25, 0.3) is 0 Å². The topological polar surface area (TPSA) is 77.5 Å². The summed E-state index contributed by atoms with van der Waals surface area (Å²) < 4.78 is 10.3. The number of carbonyl (C=O) groups is 2. The van der Waals surface area contributed by atoms with Gasteiger partial charge in [0.1, 0.15) is 10.5 Å². The average molecular weight is 415 g/mol. The molecule has 1 aromatic heterocycles. The van der Waals surface area contributed by atoms with Gasteiger partial charge in [0.05, 0.1) is 31.4 Å². The van der Waals surface area contributed by atoms with E-state index in [0.717, 1.165) is 21.1 Å². The monoisotopic (exact) mass is 414 g/mol. The van der Waals surface area contributed by atoms with Crippen LogP contribution in [0.1, 0.15) is 40.9 Å². The number of allylic oxidation sites excluding steroid dienone is 1. The maximum atomic E-state index is 13.1. The van der Waals surface area contributed by atoms with Gasteiger partial charge in [-0.15, -0.1) is 11.3 Å². The summed E-state index contributed by atoms with van der Waals surface area (Å²) in [6, 6.07) is 9.52. The molecule has 3 atom stereocenters. The number of aromatic nitrogens is 1. The van der Waals surface area contributed by atoms with Crippen LogP contribution in [0.5, 0.6) is 0 Å². The van der Waals surface area contributed by atoms with Crippen LogP contribution in [-0.2, 0) is 24.6 Å². The zero-order valence-electron chi connectivity index (χ0n) is 17.5. The third kappa shape index (κ3) is 3.55. The summed E-state index contributed by atoms with van der Waals surface area (Å²) in [6.45, 7) is 7.74. The van der Waals surface area contributed by atoms with Gasteiger partial charge in [0.15, 0.2) is 0 Å². The number of esters is 2. The Kier molecular flexibility index (Phi) is 5.80. The first-order valence-electron chi connectivity index (χ1n) is 9.39. The SMILES string of the molecule is COC(=O)C1=C(C)NC(C)(c2nc(C)c(C)s2)C(C(=O)OC)C1c1ccccc1. The molecular weight excluding hydrogens is 388 g/mol. The number of hydrogen-bond acceptors (Lipinski definition) is 7. The number of ether oxygens (including phenoxy) is 2. The summed E-state index contributed by atoms with van der Waals surface area (Å²) in [4.78, 5) is 31.7. The average Bonchev–Trinajstić information content (AvgIpc) is 3.06. The van der Waals surface area contributed by atoms with Crippen molar-refractivity contribution in [2.75, 3.05) is 14.2 Å². The van der Waals surface area contributed by atoms with Crippen LogP contribution in [0, 0.1) is 19.8 Å². The first-order valence-corrected chi connectivity index (χ1v) is 10.2. The highest BCUT2D eigenvalue weighted by Crippen LogP contribution is 2.49. The van der Waals surface area contributed by atoms with Crippen LogP contribution < -0.4 is 5.32 Å². The maximum Gasteiger partial charge on any atom is 0.336 e. The van der Waals surface area contributed by atoms with Crippen molar-refractivity contribution in [1.29, 1.82) is 0 Å². The van der Waals surface area contributed by atoms with E-state index in [1.165, 1.54) is 14.2 Å². The summed E-state index contributed by atoms with van der Waals surface area (Å²) >= 11 is 1.55. The molecule has 2 aromatic rings. The Morgan fingerprint density at radius 2 is 1.76 bits per heavy atom. The lowest BCUT2D eigenvalue weighted by molar-refractivity contribution is -0.150. The zero-order chi connectivity index (χ0) is 21.3. The van der Waals surface area contributed by atoms with Gasteiger partial charge in [-0.2, -0.15) is 0 Å². The maximum absolute atomic E-state index is 13.1. The molecule has 1 aliphatic heterocycles. The molecule has 6 nitrogen and oxygen atoms in total. The van der Waals surface area contributed by atoms with Gasteiger partial charge >= 0.3 is 11.9 Å². The molecule has 0 spiro atoms. The Labute approximate surface area is 174 Å². The molecule has 1 aromatic carbocycles. The van der Waals surface area contributed by atoms with E-state index in [1.54, 1.807) is 11.3 Å². The van der Waals surface area contributed by atoms with E-state index in [0.29, 0.717) is 11.3 Å². The van der Waals surface area contributed by atoms with Crippen LogP contribution in [-0.4, -0.2) is 31.1 Å². The first kappa shape index (κ1) is 21.0. The van der Waals surface area contributed by atoms with Crippen molar-refractivity contribution >= 4 is 23.3 Å². The van der Waals surface area contributed by atoms with Crippen LogP contribution >= 0.6 is 11.3 Å². The first-order chi connectivity index (χ1) is 13.7. The molecule has 0 amide bonds. The number of rotatable bonds is 4. The van der Waals surface area contributed by atoms with Crippen molar-refractivity contribution in [3.63, 3.8) is 0 Å². The van der Waals surface area contributed by atoms with Crippen molar-refractivity contribution in [3.05, 3.63) is 62.7 Å². The van der Waals surface area contributed by atoms with Crippen LogP contribution in [0.15, 0.2) is 41.6 Å². The highest BCUT2D eigenvalue weighted by atomic mass is 32.1. The van der Waals surface area contributed by atoms with E-state index < -0.39 is 29.3 Å². The van der Waals surface area contributed by atoms with Gasteiger partial charge in [-0.3, -0.25) is 4.79 Å². The van der Waals surface area contributed by atoms with E-state index in [4.69, 9.17) is 14.5 Å². The van der Waals surface area contributed by atoms with Gasteiger partial charge in [-0.25, -0.2) is 9.78 Å². The van der Waals surface area contributed by atoms with Gasteiger partial charge in [0, 0.05) is 16.5 Å². The van der Waals surface area contributed by atoms with Crippen LogP contribution in [0.4, 0.5) is 0 Å². The molecule has 0 saturated carbocycles. The van der Waals surface area contributed by atoms with Crippen LogP contribution in [0.3, 0.4) is 0 Å². The fraction of sp³-hybridized carbons (Fsp3) is 0.409. The Balaban J connectivity index is 2.31. The lowest BCUT2D eigenvalue weighted by atomic mass is 9.67. The highest BCUT2D eigenvalue weighted by molar-refractivity contribution is 7.11. The smallest absolute Gasteiger partial charge is 0.336 e. The number of nitrogens with one attached hydrogen (secondary N) is 1. The predicted octanol–water partition coefficient (Wildman–Crippen LogP) is 3.60. The number of hydrogen-bond donors (Lipinski definition) is 1. The molecule has 3 unspecified atom stereocenters. The van der Waals surface area contributed by atoms with E-state index >= 15 is 0 Å². The van der Waals surface area contributed by atoms with Crippen LogP contribution in [0.25, 0.3) is 0 Å². The van der Waals surface area contributed by atoms with Gasteiger partial charge in [-0.05, 0) is 33.3 Å². The molecule has 0 saturated heterocycles. The quantitative estimate of drug-likeness (QED) is 0.771. The highest BCUT2D eigenvalue weighted by Gasteiger charge is 2.54. The zero-order valence-corrected chi connectivity index (χ0v) is 18.3. The Bertz CT molecular complexity index is 947. The lowest BCUT2D eigenvalue weighted by Gasteiger charge is -2.45. The lowest BCUT2D eigenvalue weighted by Crippen LogP contribution is -2.55. The molecule has 0 bridgehead atoms. The molecular formula is C22H26N2O4S. The minimum Gasteiger partial charge on any atom is -0.469 e. The van der Waals surface area contributed by atoms with Gasteiger partial charge in [0.2, 0.25) is 0 Å². The van der Waals surface area contributed by atoms with Crippen molar-refractivity contribution < 1.29 is 19.1 Å². The third-order valence-electron chi connectivity index (χ3n) is 5.61. The molecule has 0 radical (unpaired) electrons.